The topological polar surface area (TPSA) is 64.5 Å². The molecule has 6 aromatic heterocycles. The Labute approximate surface area is 297 Å². The quantitative estimate of drug-likeness (QED) is 0.171. The average Bonchev–Trinajstić information content (AvgIpc) is 3.62. The minimum Gasteiger partial charge on any atom is -0.265 e. The molecule has 0 fully saturated rings. The molecule has 4 aromatic carbocycles. The number of hydrogen-bond acceptors (Lipinski definition) is 6. The van der Waals surface area contributed by atoms with Crippen LogP contribution in [0.3, 0.4) is 0 Å². The highest BCUT2D eigenvalue weighted by molar-refractivity contribution is 7.23. The van der Waals surface area contributed by atoms with E-state index in [2.05, 4.69) is 125 Å². The molecule has 10 aromatic rings. The maximum absolute atomic E-state index is 5.33. The van der Waals surface area contributed by atoms with Crippen molar-refractivity contribution in [1.29, 1.82) is 0 Å². The number of pyridine rings is 5. The first kappa shape index (κ1) is 29.3. The Balaban J connectivity index is 1.24. The molecular weight excluding hydrogens is 643 g/mol. The molecule has 0 bridgehead atoms. The maximum Gasteiger partial charge on any atom is 0.0972 e. The summed E-state index contributed by atoms with van der Waals surface area (Å²) in [6, 6.07) is 48.4. The first-order valence-corrected chi connectivity index (χ1v) is 17.6. The summed E-state index contributed by atoms with van der Waals surface area (Å²) in [7, 11) is 0. The number of fused-ring (bicyclic) bond motifs is 6. The van der Waals surface area contributed by atoms with E-state index in [1.807, 2.05) is 49.1 Å². The monoisotopic (exact) mass is 669 g/mol. The summed E-state index contributed by atoms with van der Waals surface area (Å²) in [4.78, 5) is 25.6. The molecule has 0 saturated carbocycles. The van der Waals surface area contributed by atoms with Crippen LogP contribution in [0.25, 0.3) is 98.1 Å². The van der Waals surface area contributed by atoms with Crippen molar-refractivity contribution in [2.24, 2.45) is 0 Å². The lowest BCUT2D eigenvalue weighted by Crippen LogP contribution is -1.92. The van der Waals surface area contributed by atoms with Gasteiger partial charge >= 0.3 is 0 Å². The van der Waals surface area contributed by atoms with Gasteiger partial charge in [-0.15, -0.1) is 11.3 Å². The van der Waals surface area contributed by atoms with Crippen molar-refractivity contribution in [3.05, 3.63) is 164 Å². The molecule has 6 heteroatoms. The van der Waals surface area contributed by atoms with Gasteiger partial charge in [0.2, 0.25) is 0 Å². The third-order valence-corrected chi connectivity index (χ3v) is 10.7. The molecule has 0 N–H and O–H groups in total. The Morgan fingerprint density at radius 3 is 1.65 bits per heavy atom. The predicted octanol–water partition coefficient (Wildman–Crippen LogP) is 11.7. The lowest BCUT2D eigenvalue weighted by Gasteiger charge is -2.12. The van der Waals surface area contributed by atoms with Crippen molar-refractivity contribution in [1.82, 2.24) is 24.9 Å². The number of hydrogen-bond donors (Lipinski definition) is 0. The lowest BCUT2D eigenvalue weighted by atomic mass is 9.95. The molecule has 0 amide bonds. The second kappa shape index (κ2) is 12.1. The number of thiophene rings is 1. The molecule has 10 rings (SSSR count). The standard InChI is InChI=1S/C45H27N5S/c1-3-7-28(8-4-1)36-16-13-31-11-12-32-14-17-37(49-42(32)41(31)48-36)34-15-18-38-35(27-34)40-39(29-19-23-46-24-20-29)44(33-21-25-47-26-22-33)51-45(40)43(50-38)30-9-5-2-6-10-30/h1-27H. The first-order chi connectivity index (χ1) is 25.3. The third-order valence-electron chi connectivity index (χ3n) is 9.47. The van der Waals surface area contributed by atoms with Crippen LogP contribution in [0, 0.1) is 0 Å². The van der Waals surface area contributed by atoms with E-state index in [0.717, 1.165) is 82.3 Å². The van der Waals surface area contributed by atoms with Crippen molar-refractivity contribution in [2.45, 2.75) is 0 Å². The molecule has 0 aliphatic heterocycles. The van der Waals surface area contributed by atoms with Gasteiger partial charge in [-0.3, -0.25) is 9.97 Å². The van der Waals surface area contributed by atoms with Gasteiger partial charge in [0.15, 0.2) is 0 Å². The normalized spacial score (nSPS) is 11.5. The van der Waals surface area contributed by atoms with E-state index in [4.69, 9.17) is 15.0 Å². The Morgan fingerprint density at radius 1 is 0.431 bits per heavy atom. The summed E-state index contributed by atoms with van der Waals surface area (Å²) in [5.41, 5.74) is 12.1. The van der Waals surface area contributed by atoms with E-state index in [1.54, 1.807) is 11.3 Å². The zero-order valence-corrected chi connectivity index (χ0v) is 28.0. The van der Waals surface area contributed by atoms with Crippen molar-refractivity contribution in [2.75, 3.05) is 0 Å². The van der Waals surface area contributed by atoms with E-state index in [9.17, 15) is 0 Å². The van der Waals surface area contributed by atoms with Gasteiger partial charge < -0.3 is 0 Å². The Morgan fingerprint density at radius 2 is 1.00 bits per heavy atom. The number of benzene rings is 4. The zero-order valence-electron chi connectivity index (χ0n) is 27.2. The van der Waals surface area contributed by atoms with Gasteiger partial charge in [-0.1, -0.05) is 91.0 Å². The summed E-state index contributed by atoms with van der Waals surface area (Å²) >= 11 is 1.78. The predicted molar refractivity (Wildman–Crippen MR) is 210 cm³/mol. The highest BCUT2D eigenvalue weighted by atomic mass is 32.1. The zero-order chi connectivity index (χ0) is 33.7. The molecule has 0 unspecified atom stereocenters. The van der Waals surface area contributed by atoms with Crippen LogP contribution in [0.15, 0.2) is 164 Å². The van der Waals surface area contributed by atoms with Gasteiger partial charge in [-0.25, -0.2) is 15.0 Å². The molecule has 0 aliphatic rings. The Hall–Kier alpha value is -6.63. The largest absolute Gasteiger partial charge is 0.265 e. The van der Waals surface area contributed by atoms with Crippen LogP contribution in [0.1, 0.15) is 0 Å². The van der Waals surface area contributed by atoms with E-state index in [0.29, 0.717) is 0 Å². The van der Waals surface area contributed by atoms with Crippen LogP contribution in [0.5, 0.6) is 0 Å². The van der Waals surface area contributed by atoms with Gasteiger partial charge in [-0.05, 0) is 59.7 Å². The molecule has 0 radical (unpaired) electrons. The molecule has 6 heterocycles. The van der Waals surface area contributed by atoms with Gasteiger partial charge in [0.25, 0.3) is 0 Å². The van der Waals surface area contributed by atoms with E-state index in [-0.39, 0.29) is 0 Å². The number of rotatable bonds is 5. The highest BCUT2D eigenvalue weighted by Crippen LogP contribution is 2.50. The van der Waals surface area contributed by atoms with E-state index >= 15 is 0 Å². The second-order valence-corrected chi connectivity index (χ2v) is 13.5. The van der Waals surface area contributed by atoms with Gasteiger partial charge in [0, 0.05) is 73.5 Å². The van der Waals surface area contributed by atoms with E-state index in [1.165, 1.54) is 15.8 Å². The van der Waals surface area contributed by atoms with Crippen LogP contribution >= 0.6 is 11.3 Å². The fourth-order valence-corrected chi connectivity index (χ4v) is 8.36. The average molecular weight is 670 g/mol. The molecule has 0 spiro atoms. The van der Waals surface area contributed by atoms with Crippen LogP contribution in [0.4, 0.5) is 0 Å². The minimum atomic E-state index is 0.888. The molecular formula is C45H27N5S. The molecule has 5 nitrogen and oxygen atoms in total. The van der Waals surface area contributed by atoms with Crippen molar-refractivity contribution in [3.63, 3.8) is 0 Å². The summed E-state index contributed by atoms with van der Waals surface area (Å²) in [5.74, 6) is 0. The van der Waals surface area contributed by atoms with E-state index < -0.39 is 0 Å². The van der Waals surface area contributed by atoms with Crippen molar-refractivity contribution < 1.29 is 0 Å². The van der Waals surface area contributed by atoms with Crippen LogP contribution in [-0.2, 0) is 0 Å². The third kappa shape index (κ3) is 5.04. The SMILES string of the molecule is c1ccc(-c2ccc3ccc4ccc(-c5ccc6nc(-c7ccccc7)c7sc(-c8ccncc8)c(-c8ccncc8)c7c6c5)nc4c3n2)cc1. The Kier molecular flexibility index (Phi) is 6.93. The fraction of sp³-hybridized carbons (Fsp3) is 0. The van der Waals surface area contributed by atoms with Crippen molar-refractivity contribution in [3.8, 4) is 55.3 Å². The second-order valence-electron chi connectivity index (χ2n) is 12.5. The number of nitrogens with zero attached hydrogens (tertiary/aromatic N) is 5. The summed E-state index contributed by atoms with van der Waals surface area (Å²) in [6.45, 7) is 0. The first-order valence-electron chi connectivity index (χ1n) is 16.8. The van der Waals surface area contributed by atoms with Crippen LogP contribution in [-0.4, -0.2) is 24.9 Å². The maximum atomic E-state index is 5.33. The Bertz CT molecular complexity index is 2890. The molecule has 0 atom stereocenters. The highest BCUT2D eigenvalue weighted by Gasteiger charge is 2.23. The molecule has 0 saturated heterocycles. The van der Waals surface area contributed by atoms with Gasteiger partial charge in [0.1, 0.15) is 0 Å². The summed E-state index contributed by atoms with van der Waals surface area (Å²) in [5, 5.41) is 4.37. The summed E-state index contributed by atoms with van der Waals surface area (Å²) in [6.07, 6.45) is 7.44. The summed E-state index contributed by atoms with van der Waals surface area (Å²) < 4.78 is 1.14. The fourth-order valence-electron chi connectivity index (χ4n) is 7.01. The molecule has 51 heavy (non-hydrogen) atoms. The molecule has 0 aliphatic carbocycles. The van der Waals surface area contributed by atoms with Crippen molar-refractivity contribution >= 4 is 54.1 Å². The lowest BCUT2D eigenvalue weighted by molar-refractivity contribution is 1.33. The van der Waals surface area contributed by atoms with Crippen LogP contribution in [0.2, 0.25) is 0 Å². The van der Waals surface area contributed by atoms with Crippen LogP contribution < -0.4 is 0 Å². The number of aromatic nitrogens is 5. The minimum absolute atomic E-state index is 0.888. The van der Waals surface area contributed by atoms with Gasteiger partial charge in [-0.2, -0.15) is 0 Å². The van der Waals surface area contributed by atoms with Gasteiger partial charge in [0.05, 0.1) is 38.3 Å². The smallest absolute Gasteiger partial charge is 0.0972 e. The molecule has 238 valence electrons.